The Labute approximate surface area is 116 Å². The first-order valence-corrected chi connectivity index (χ1v) is 7.45. The Hall–Kier alpha value is -1.47. The number of aromatic hydroxyl groups is 1. The van der Waals surface area contributed by atoms with Crippen LogP contribution in [-0.2, 0) is 4.52 Å². The zero-order chi connectivity index (χ0) is 14.3. The molecule has 0 spiro atoms. The van der Waals surface area contributed by atoms with Gasteiger partial charge in [-0.3, -0.25) is 15.6 Å². The fraction of sp³-hybridized carbons (Fsp3) is 0.455. The van der Waals surface area contributed by atoms with Crippen LogP contribution in [0.15, 0.2) is 12.1 Å². The summed E-state index contributed by atoms with van der Waals surface area (Å²) >= 11 is 0. The number of nitrogens with two attached hydrogens (primary N) is 1. The third-order valence-electron chi connectivity index (χ3n) is 3.23. The highest BCUT2D eigenvalue weighted by atomic mass is 31.2. The summed E-state index contributed by atoms with van der Waals surface area (Å²) < 4.78 is 13.2. The SMILES string of the molecule is NP(OC1CCOc2cc([N+](=O)[O-])c(O)cc21)N1CC1. The molecule has 2 aliphatic heterocycles. The fourth-order valence-electron chi connectivity index (χ4n) is 2.08. The van der Waals surface area contributed by atoms with Gasteiger partial charge in [-0.1, -0.05) is 0 Å². The summed E-state index contributed by atoms with van der Waals surface area (Å²) in [6.07, 6.45) is 0.302. The van der Waals surface area contributed by atoms with Crippen LogP contribution >= 0.6 is 8.45 Å². The number of rotatable bonds is 4. The monoisotopic (exact) mass is 299 g/mol. The first-order chi connectivity index (χ1) is 9.56. The Morgan fingerprint density at radius 2 is 2.30 bits per heavy atom. The zero-order valence-electron chi connectivity index (χ0n) is 10.6. The molecule has 9 heteroatoms. The predicted octanol–water partition coefficient (Wildman–Crippen LogP) is 1.64. The highest BCUT2D eigenvalue weighted by Crippen LogP contribution is 2.48. The lowest BCUT2D eigenvalue weighted by Crippen LogP contribution is -2.17. The third-order valence-corrected chi connectivity index (χ3v) is 4.65. The van der Waals surface area contributed by atoms with E-state index in [-0.39, 0.29) is 17.5 Å². The van der Waals surface area contributed by atoms with E-state index in [4.69, 9.17) is 14.8 Å². The third kappa shape index (κ3) is 2.55. The number of fused-ring (bicyclic) bond motifs is 1. The van der Waals surface area contributed by atoms with E-state index < -0.39 is 13.4 Å². The number of hydrogen-bond acceptors (Lipinski definition) is 7. The van der Waals surface area contributed by atoms with Crippen LogP contribution in [0.5, 0.6) is 11.5 Å². The average Bonchev–Trinajstić information content (AvgIpc) is 3.22. The molecular weight excluding hydrogens is 285 g/mol. The topological polar surface area (TPSA) is 111 Å². The molecule has 20 heavy (non-hydrogen) atoms. The number of hydrogen-bond donors (Lipinski definition) is 2. The molecule has 0 amide bonds. The standard InChI is InChI=1S/C11H14N3O5P/c12-20(13-2-3-13)19-10-1-4-18-11-6-8(14(16)17)9(15)5-7(10)11/h5-6,10,15H,1-4,12H2. The highest BCUT2D eigenvalue weighted by Gasteiger charge is 2.33. The molecule has 0 aromatic heterocycles. The Bertz CT molecular complexity index is 551. The van der Waals surface area contributed by atoms with Gasteiger partial charge in [0.1, 0.15) is 5.75 Å². The number of benzene rings is 1. The largest absolute Gasteiger partial charge is 0.502 e. The number of phenols is 1. The van der Waals surface area contributed by atoms with Gasteiger partial charge in [-0.25, -0.2) is 4.67 Å². The Morgan fingerprint density at radius 1 is 1.55 bits per heavy atom. The van der Waals surface area contributed by atoms with Crippen molar-refractivity contribution in [1.82, 2.24) is 4.67 Å². The lowest BCUT2D eigenvalue weighted by Gasteiger charge is -2.28. The number of phenolic OH excluding ortho intramolecular Hbond substituents is 1. The van der Waals surface area contributed by atoms with Gasteiger partial charge in [-0.15, -0.1) is 0 Å². The molecule has 2 heterocycles. The van der Waals surface area contributed by atoms with Gasteiger partial charge in [0.25, 0.3) is 0 Å². The quantitative estimate of drug-likeness (QED) is 0.376. The zero-order valence-corrected chi connectivity index (χ0v) is 11.5. The van der Waals surface area contributed by atoms with E-state index in [1.807, 2.05) is 4.67 Å². The molecule has 3 N–H and O–H groups in total. The van der Waals surface area contributed by atoms with Crippen molar-refractivity contribution in [1.29, 1.82) is 0 Å². The summed E-state index contributed by atoms with van der Waals surface area (Å²) in [5.74, 6) is -0.0131. The van der Waals surface area contributed by atoms with Gasteiger partial charge in [0.05, 0.1) is 23.7 Å². The van der Waals surface area contributed by atoms with Crippen molar-refractivity contribution in [3.05, 3.63) is 27.8 Å². The molecule has 0 radical (unpaired) electrons. The van der Waals surface area contributed by atoms with E-state index in [1.54, 1.807) is 0 Å². The number of nitro benzene ring substituents is 1. The first-order valence-electron chi connectivity index (χ1n) is 6.17. The van der Waals surface area contributed by atoms with Crippen LogP contribution in [-0.4, -0.2) is 34.4 Å². The van der Waals surface area contributed by atoms with Crippen molar-refractivity contribution >= 4 is 14.1 Å². The van der Waals surface area contributed by atoms with E-state index in [0.717, 1.165) is 13.1 Å². The van der Waals surface area contributed by atoms with Gasteiger partial charge in [0.15, 0.2) is 14.2 Å². The number of nitrogens with zero attached hydrogens (tertiary/aromatic N) is 2. The summed E-state index contributed by atoms with van der Waals surface area (Å²) in [5.41, 5.74) is 6.18. The molecule has 8 nitrogen and oxygen atoms in total. The smallest absolute Gasteiger partial charge is 0.314 e. The van der Waals surface area contributed by atoms with Gasteiger partial charge in [0.2, 0.25) is 0 Å². The molecule has 108 valence electrons. The van der Waals surface area contributed by atoms with Crippen molar-refractivity contribution in [2.75, 3.05) is 19.7 Å². The van der Waals surface area contributed by atoms with Crippen LogP contribution in [0.1, 0.15) is 18.1 Å². The molecule has 1 aromatic rings. The second-order valence-electron chi connectivity index (χ2n) is 4.62. The van der Waals surface area contributed by atoms with Gasteiger partial charge in [-0.05, 0) is 6.07 Å². The maximum Gasteiger partial charge on any atom is 0.314 e. The van der Waals surface area contributed by atoms with Crippen LogP contribution in [0.3, 0.4) is 0 Å². The van der Waals surface area contributed by atoms with Crippen LogP contribution in [0.25, 0.3) is 0 Å². The van der Waals surface area contributed by atoms with Crippen molar-refractivity contribution in [3.63, 3.8) is 0 Å². The van der Waals surface area contributed by atoms with E-state index in [1.165, 1.54) is 12.1 Å². The van der Waals surface area contributed by atoms with Gasteiger partial charge < -0.3 is 14.4 Å². The van der Waals surface area contributed by atoms with Crippen molar-refractivity contribution in [2.45, 2.75) is 12.5 Å². The van der Waals surface area contributed by atoms with Crippen molar-refractivity contribution < 1.29 is 19.3 Å². The second kappa shape index (κ2) is 5.14. The molecule has 3 rings (SSSR count). The summed E-state index contributed by atoms with van der Waals surface area (Å²) in [6.45, 7) is 2.27. The van der Waals surface area contributed by atoms with Gasteiger partial charge >= 0.3 is 5.69 Å². The number of nitro groups is 1. The van der Waals surface area contributed by atoms with Gasteiger partial charge in [-0.2, -0.15) is 0 Å². The van der Waals surface area contributed by atoms with Crippen LogP contribution < -0.4 is 10.2 Å². The predicted molar refractivity (Wildman–Crippen MR) is 71.4 cm³/mol. The fourth-order valence-corrected chi connectivity index (χ4v) is 3.17. The summed E-state index contributed by atoms with van der Waals surface area (Å²) in [7, 11) is -1.14. The molecule has 0 bridgehead atoms. The highest BCUT2D eigenvalue weighted by molar-refractivity contribution is 7.47. The summed E-state index contributed by atoms with van der Waals surface area (Å²) in [4.78, 5) is 10.2. The molecule has 1 saturated heterocycles. The molecule has 2 unspecified atom stereocenters. The van der Waals surface area contributed by atoms with Crippen LogP contribution in [0.2, 0.25) is 0 Å². The maximum absolute atomic E-state index is 10.8. The minimum Gasteiger partial charge on any atom is -0.502 e. The Kier molecular flexibility index (Phi) is 3.47. The Balaban J connectivity index is 1.87. The lowest BCUT2D eigenvalue weighted by atomic mass is 10.0. The molecule has 1 aromatic carbocycles. The molecule has 2 atom stereocenters. The van der Waals surface area contributed by atoms with Crippen LogP contribution in [0.4, 0.5) is 5.69 Å². The summed E-state index contributed by atoms with van der Waals surface area (Å²) in [6, 6.07) is 2.57. The molecule has 1 fully saturated rings. The molecule has 0 saturated carbocycles. The normalized spacial score (nSPS) is 22.8. The maximum atomic E-state index is 10.8. The van der Waals surface area contributed by atoms with Crippen molar-refractivity contribution in [3.8, 4) is 11.5 Å². The van der Waals surface area contributed by atoms with Crippen molar-refractivity contribution in [2.24, 2.45) is 5.50 Å². The van der Waals surface area contributed by atoms with E-state index in [0.29, 0.717) is 24.3 Å². The first kappa shape index (κ1) is 13.5. The molecule has 0 aliphatic carbocycles. The second-order valence-corrected chi connectivity index (χ2v) is 6.00. The van der Waals surface area contributed by atoms with E-state index in [9.17, 15) is 15.2 Å². The van der Waals surface area contributed by atoms with E-state index in [2.05, 4.69) is 0 Å². The van der Waals surface area contributed by atoms with E-state index >= 15 is 0 Å². The van der Waals surface area contributed by atoms with Crippen LogP contribution in [0, 0.1) is 10.1 Å². The number of ether oxygens (including phenoxy) is 1. The minimum absolute atomic E-state index is 0.304. The summed E-state index contributed by atoms with van der Waals surface area (Å²) in [5, 5.41) is 20.5. The average molecular weight is 299 g/mol. The molecule has 2 aliphatic rings. The van der Waals surface area contributed by atoms with Gasteiger partial charge in [0, 0.05) is 25.1 Å². The minimum atomic E-state index is -1.14. The molecular formula is C11H14N3O5P. The lowest BCUT2D eigenvalue weighted by molar-refractivity contribution is -0.386. The Morgan fingerprint density at radius 3 is 2.95 bits per heavy atom.